The number of aliphatic hydroxyl groups is 1. The first kappa shape index (κ1) is 15.1. The Hall–Kier alpha value is -2.49. The Balaban J connectivity index is 1.85. The summed E-state index contributed by atoms with van der Waals surface area (Å²) in [7, 11) is 0. The topological polar surface area (TPSA) is 50.2 Å². The molecular formula is C20H18FNO2. The summed E-state index contributed by atoms with van der Waals surface area (Å²) in [6, 6.07) is 8.12. The van der Waals surface area contributed by atoms with E-state index in [9.17, 15) is 14.3 Å². The molecule has 0 radical (unpaired) electrons. The summed E-state index contributed by atoms with van der Waals surface area (Å²) in [5.74, 6) is -0.000823. The van der Waals surface area contributed by atoms with Crippen LogP contribution >= 0.6 is 0 Å². The number of aliphatic hydroxyl groups excluding tert-OH is 1. The van der Waals surface area contributed by atoms with Gasteiger partial charge in [0.2, 0.25) is 0 Å². The molecule has 0 aliphatic heterocycles. The molecule has 1 N–H and O–H groups in total. The number of aromatic nitrogens is 1. The van der Waals surface area contributed by atoms with Gasteiger partial charge in [-0.2, -0.15) is 0 Å². The van der Waals surface area contributed by atoms with Gasteiger partial charge in [-0.1, -0.05) is 12.1 Å². The van der Waals surface area contributed by atoms with Crippen LogP contribution < -0.4 is 0 Å². The Kier molecular flexibility index (Phi) is 3.48. The first-order valence-electron chi connectivity index (χ1n) is 8.25. The van der Waals surface area contributed by atoms with Crippen LogP contribution in [0.2, 0.25) is 0 Å². The van der Waals surface area contributed by atoms with E-state index in [1.807, 2.05) is 13.0 Å². The van der Waals surface area contributed by atoms with Crippen molar-refractivity contribution in [2.24, 2.45) is 11.8 Å². The predicted molar refractivity (Wildman–Crippen MR) is 89.8 cm³/mol. The number of fused-ring (bicyclic) bond motifs is 2. The van der Waals surface area contributed by atoms with Gasteiger partial charge in [-0.3, -0.25) is 9.78 Å². The van der Waals surface area contributed by atoms with Gasteiger partial charge in [0.25, 0.3) is 0 Å². The lowest BCUT2D eigenvalue weighted by molar-refractivity contribution is -0.117. The van der Waals surface area contributed by atoms with Crippen LogP contribution in [0.3, 0.4) is 0 Å². The third-order valence-electron chi connectivity index (χ3n) is 5.21. The van der Waals surface area contributed by atoms with Gasteiger partial charge >= 0.3 is 0 Å². The smallest absolute Gasteiger partial charge is 0.170 e. The van der Waals surface area contributed by atoms with Crippen LogP contribution in [-0.4, -0.2) is 15.9 Å². The third-order valence-corrected chi connectivity index (χ3v) is 5.21. The summed E-state index contributed by atoms with van der Waals surface area (Å²) in [5.41, 5.74) is 3.22. The molecule has 2 aliphatic carbocycles. The van der Waals surface area contributed by atoms with Crippen LogP contribution in [0.4, 0.5) is 4.39 Å². The van der Waals surface area contributed by atoms with E-state index in [0.717, 1.165) is 24.8 Å². The number of rotatable bonds is 2. The number of hydrogen-bond donors (Lipinski definition) is 1. The van der Waals surface area contributed by atoms with E-state index in [4.69, 9.17) is 0 Å². The fraction of sp³-hybridized carbons (Fsp3) is 0.300. The van der Waals surface area contributed by atoms with E-state index >= 15 is 0 Å². The van der Waals surface area contributed by atoms with Gasteiger partial charge in [0.1, 0.15) is 11.6 Å². The molecule has 0 spiro atoms. The van der Waals surface area contributed by atoms with Crippen LogP contribution in [0, 0.1) is 24.6 Å². The summed E-state index contributed by atoms with van der Waals surface area (Å²) < 4.78 is 13.5. The lowest BCUT2D eigenvalue weighted by atomic mass is 9.82. The Morgan fingerprint density at radius 2 is 1.96 bits per heavy atom. The zero-order chi connectivity index (χ0) is 16.8. The number of allylic oxidation sites excluding steroid dienone is 2. The Morgan fingerprint density at radius 3 is 2.75 bits per heavy atom. The minimum atomic E-state index is -0.316. The number of Topliss-reactive ketones (excluding diaryl/α,β-unsaturated/α-hetero) is 1. The summed E-state index contributed by atoms with van der Waals surface area (Å²) in [4.78, 5) is 17.1. The van der Waals surface area contributed by atoms with Crippen molar-refractivity contribution >= 4 is 11.4 Å². The fourth-order valence-electron chi connectivity index (χ4n) is 3.89. The van der Waals surface area contributed by atoms with Gasteiger partial charge < -0.3 is 5.11 Å². The van der Waals surface area contributed by atoms with Crippen molar-refractivity contribution < 1.29 is 14.3 Å². The van der Waals surface area contributed by atoms with Crippen molar-refractivity contribution in [3.05, 3.63) is 59.4 Å². The maximum atomic E-state index is 13.5. The van der Waals surface area contributed by atoms with Crippen LogP contribution in [-0.2, 0) is 4.79 Å². The monoisotopic (exact) mass is 323 g/mol. The highest BCUT2D eigenvalue weighted by atomic mass is 19.1. The normalized spacial score (nSPS) is 23.0. The summed E-state index contributed by atoms with van der Waals surface area (Å²) in [6.07, 6.45) is 4.13. The quantitative estimate of drug-likeness (QED) is 0.887. The van der Waals surface area contributed by atoms with Gasteiger partial charge in [-0.05, 0) is 49.9 Å². The van der Waals surface area contributed by atoms with E-state index in [0.29, 0.717) is 22.4 Å². The second-order valence-corrected chi connectivity index (χ2v) is 6.70. The molecule has 0 unspecified atom stereocenters. The van der Waals surface area contributed by atoms with E-state index in [2.05, 4.69) is 4.98 Å². The summed E-state index contributed by atoms with van der Waals surface area (Å²) in [5, 5.41) is 10.6. The van der Waals surface area contributed by atoms with Gasteiger partial charge in [-0.25, -0.2) is 4.39 Å². The molecule has 1 aromatic carbocycles. The number of ketones is 1. The molecule has 1 saturated carbocycles. The second kappa shape index (κ2) is 5.55. The Bertz CT molecular complexity index is 872. The summed E-state index contributed by atoms with van der Waals surface area (Å²) in [6.45, 7) is 1.83. The molecule has 3 nitrogen and oxygen atoms in total. The molecule has 1 aromatic heterocycles. The molecule has 24 heavy (non-hydrogen) atoms. The molecule has 0 amide bonds. The van der Waals surface area contributed by atoms with Crippen molar-refractivity contribution in [2.75, 3.05) is 0 Å². The van der Waals surface area contributed by atoms with Gasteiger partial charge in [0, 0.05) is 34.9 Å². The average Bonchev–Trinajstić information content (AvgIpc) is 3.02. The highest BCUT2D eigenvalue weighted by molar-refractivity contribution is 6.23. The Morgan fingerprint density at radius 1 is 1.17 bits per heavy atom. The number of hydrogen-bond acceptors (Lipinski definition) is 3. The van der Waals surface area contributed by atoms with E-state index in [1.165, 1.54) is 12.1 Å². The van der Waals surface area contributed by atoms with Crippen molar-refractivity contribution in [1.82, 2.24) is 4.98 Å². The van der Waals surface area contributed by atoms with Crippen LogP contribution in [0.1, 0.15) is 30.5 Å². The number of nitrogens with zero attached hydrogens (tertiary/aromatic N) is 1. The third kappa shape index (κ3) is 2.33. The molecular weight excluding hydrogens is 305 g/mol. The zero-order valence-electron chi connectivity index (χ0n) is 13.4. The van der Waals surface area contributed by atoms with Crippen molar-refractivity contribution in [1.29, 1.82) is 0 Å². The van der Waals surface area contributed by atoms with Crippen molar-refractivity contribution in [2.45, 2.75) is 26.2 Å². The average molecular weight is 323 g/mol. The molecule has 2 aromatic rings. The van der Waals surface area contributed by atoms with E-state index in [-0.39, 0.29) is 29.2 Å². The maximum absolute atomic E-state index is 13.5. The Labute approximate surface area is 139 Å². The fourth-order valence-corrected chi connectivity index (χ4v) is 3.89. The van der Waals surface area contributed by atoms with Crippen molar-refractivity contribution in [3.8, 4) is 11.1 Å². The molecule has 0 saturated heterocycles. The molecule has 4 rings (SSSR count). The second-order valence-electron chi connectivity index (χ2n) is 6.70. The largest absolute Gasteiger partial charge is 0.511 e. The SMILES string of the molecule is Cc1ncc(-c2cccc(F)c2)cc1C1=C(O)[C@H]2CC[C@H](C2)C1=O. The predicted octanol–water partition coefficient (Wildman–Crippen LogP) is 4.46. The van der Waals surface area contributed by atoms with Crippen LogP contribution in [0.5, 0.6) is 0 Å². The summed E-state index contributed by atoms with van der Waals surface area (Å²) >= 11 is 0. The molecule has 2 atom stereocenters. The number of carbonyl (C=O) groups is 1. The highest BCUT2D eigenvalue weighted by Gasteiger charge is 2.41. The molecule has 122 valence electrons. The molecule has 2 bridgehead atoms. The van der Waals surface area contributed by atoms with Crippen LogP contribution in [0.15, 0.2) is 42.3 Å². The molecule has 1 heterocycles. The van der Waals surface area contributed by atoms with E-state index < -0.39 is 0 Å². The first-order chi connectivity index (χ1) is 11.5. The molecule has 1 fully saturated rings. The molecule has 4 heteroatoms. The number of pyridine rings is 1. The zero-order valence-corrected chi connectivity index (χ0v) is 13.4. The van der Waals surface area contributed by atoms with Gasteiger partial charge in [0.15, 0.2) is 5.78 Å². The maximum Gasteiger partial charge on any atom is 0.170 e. The lowest BCUT2D eigenvalue weighted by Gasteiger charge is -2.22. The number of carbonyl (C=O) groups excluding carboxylic acids is 1. The molecule has 2 aliphatic rings. The van der Waals surface area contributed by atoms with Crippen LogP contribution in [0.25, 0.3) is 16.7 Å². The minimum absolute atomic E-state index is 0.0122. The first-order valence-corrected chi connectivity index (χ1v) is 8.25. The minimum Gasteiger partial charge on any atom is -0.511 e. The number of benzene rings is 1. The van der Waals surface area contributed by atoms with Gasteiger partial charge in [-0.15, -0.1) is 0 Å². The van der Waals surface area contributed by atoms with Crippen molar-refractivity contribution in [3.63, 3.8) is 0 Å². The lowest BCUT2D eigenvalue weighted by Crippen LogP contribution is -2.21. The van der Waals surface area contributed by atoms with E-state index in [1.54, 1.807) is 18.3 Å². The number of halogens is 1. The standard InChI is InChI=1S/C20H18FNO2/c1-11-17(18-19(23)13-5-6-14(7-13)20(18)24)9-15(10-22-11)12-3-2-4-16(21)8-12/h2-4,8-10,13-14,23H,5-7H2,1H3/t13-,14+/m0/s1. The van der Waals surface area contributed by atoms with Gasteiger partial charge in [0.05, 0.1) is 5.57 Å². The number of aryl methyl sites for hydroxylation is 1. The highest BCUT2D eigenvalue weighted by Crippen LogP contribution is 2.45.